The summed E-state index contributed by atoms with van der Waals surface area (Å²) in [5.74, 6) is 0. The number of nitrogens with zero attached hydrogens (tertiary/aromatic N) is 2. The Kier molecular flexibility index (Phi) is 9.68. The molecule has 0 spiro atoms. The van der Waals surface area contributed by atoms with Crippen molar-refractivity contribution in [3.63, 3.8) is 0 Å². The van der Waals surface area contributed by atoms with E-state index in [1.807, 2.05) is 65.2 Å². The molecule has 0 atom stereocenters. The van der Waals surface area contributed by atoms with Crippen LogP contribution >= 0.6 is 0 Å². The fourth-order valence-electron chi connectivity index (χ4n) is 10.8. The third-order valence-electron chi connectivity index (χ3n) is 14.2. The molecule has 308 valence electrons. The van der Waals surface area contributed by atoms with Crippen molar-refractivity contribution in [3.05, 3.63) is 188 Å². The smallest absolute Gasteiger partial charge is 0.137 e. The van der Waals surface area contributed by atoms with Gasteiger partial charge in [-0.15, -0.1) is 10.9 Å². The summed E-state index contributed by atoms with van der Waals surface area (Å²) in [7, 11) is 49.1. The Hall–Kier alpha value is -7.95. The van der Waals surface area contributed by atoms with Gasteiger partial charge >= 0.3 is 0 Å². The van der Waals surface area contributed by atoms with Crippen LogP contribution in [0.2, 0.25) is 0 Å². The Morgan fingerprint density at radius 1 is 0.300 bits per heavy atom. The number of rotatable bonds is 6. The van der Waals surface area contributed by atoms with Crippen molar-refractivity contribution < 1.29 is 4.42 Å². The second-order valence-electron chi connectivity index (χ2n) is 18.0. The first kappa shape index (κ1) is 42.2. The van der Waals surface area contributed by atoms with Gasteiger partial charge in [-0.25, -0.2) is 0 Å². The minimum atomic E-state index is 0.165. The molecule has 10 heteroatoms. The third kappa shape index (κ3) is 6.25. The molecule has 0 aliphatic heterocycles. The first-order chi connectivity index (χ1) is 34.2. The van der Waals surface area contributed by atoms with Gasteiger partial charge in [0.25, 0.3) is 0 Å². The summed E-state index contributed by atoms with van der Waals surface area (Å²) in [5, 5.41) is 5.30. The second kappa shape index (κ2) is 16.1. The molecule has 13 rings (SSSR count). The van der Waals surface area contributed by atoms with Gasteiger partial charge in [-0.2, -0.15) is 0 Å². The molecule has 3 aromatic heterocycles. The molecule has 0 amide bonds. The van der Waals surface area contributed by atoms with Gasteiger partial charge in [-0.1, -0.05) is 161 Å². The second-order valence-corrected chi connectivity index (χ2v) is 18.0. The molecule has 3 nitrogen and oxygen atoms in total. The van der Waals surface area contributed by atoms with E-state index in [9.17, 15) is 0 Å². The predicted molar refractivity (Wildman–Crippen MR) is 302 cm³/mol. The zero-order valence-corrected chi connectivity index (χ0v) is 37.7. The van der Waals surface area contributed by atoms with Crippen molar-refractivity contribution in [2.24, 2.45) is 0 Å². The average molecular weight is 872 g/mol. The van der Waals surface area contributed by atoms with E-state index >= 15 is 0 Å². The largest absolute Gasteiger partial charge is 0.456 e. The predicted octanol–water partition coefficient (Wildman–Crippen LogP) is 8.00. The van der Waals surface area contributed by atoms with Gasteiger partial charge in [0, 0.05) is 55.4 Å². The van der Waals surface area contributed by atoms with Crippen molar-refractivity contribution in [3.8, 4) is 55.9 Å². The summed E-state index contributed by atoms with van der Waals surface area (Å²) in [4.78, 5) is 0. The molecule has 3 heterocycles. The fourth-order valence-corrected chi connectivity index (χ4v) is 10.8. The molecule has 0 saturated carbocycles. The summed E-state index contributed by atoms with van der Waals surface area (Å²) >= 11 is 0. The summed E-state index contributed by atoms with van der Waals surface area (Å²) < 4.78 is 10.6. The first-order valence-electron chi connectivity index (χ1n) is 23.0. The maximum Gasteiger partial charge on any atom is 0.137 e. The van der Waals surface area contributed by atoms with Crippen LogP contribution in [0.4, 0.5) is 0 Å². The highest BCUT2D eigenvalue weighted by Gasteiger charge is 2.25. The van der Waals surface area contributed by atoms with Crippen LogP contribution in [0, 0.1) is 0 Å². The van der Waals surface area contributed by atoms with E-state index in [2.05, 4.69) is 132 Å². The molecule has 0 aliphatic rings. The van der Waals surface area contributed by atoms with Crippen LogP contribution in [-0.4, -0.2) is 64.1 Å². The highest BCUT2D eigenvalue weighted by atomic mass is 16.3. The molecule has 0 saturated heterocycles. The topological polar surface area (TPSA) is 23.0 Å². The van der Waals surface area contributed by atoms with Crippen LogP contribution < -0.4 is 38.2 Å². The van der Waals surface area contributed by atoms with Gasteiger partial charge in [-0.05, 0) is 98.4 Å². The van der Waals surface area contributed by atoms with Gasteiger partial charge in [0.2, 0.25) is 0 Å². The lowest BCUT2D eigenvalue weighted by molar-refractivity contribution is 0.668. The van der Waals surface area contributed by atoms with Crippen LogP contribution in [0.1, 0.15) is 0 Å². The Bertz CT molecular complexity index is 4290. The van der Waals surface area contributed by atoms with Gasteiger partial charge in [0.1, 0.15) is 66.1 Å². The standard InChI is InChI=1S/C60H31B7N2O/c61-52-48(37-24-29-44-43(30-37)49-40(36-12-5-2-6-13-36)15-9-16-45(49)68(44)39-27-28-42-41-14-7-8-17-46(41)70-47(42)31-39)53(62)57(66)59-50(52)51-54(63)55(64)56(65)58(67)60(51)69(59)38-25-22-35(23-26-38)34-20-18-33(19-21-34)32-10-3-1-4-11-32/h1-31H. The van der Waals surface area contributed by atoms with E-state index in [1.165, 1.54) is 0 Å². The molecule has 70 heavy (non-hydrogen) atoms. The number of fused-ring (bicyclic) bond motifs is 9. The average Bonchev–Trinajstić information content (AvgIpc) is 4.08. The Labute approximate surface area is 414 Å². The van der Waals surface area contributed by atoms with Crippen molar-refractivity contribution >= 4 is 159 Å². The van der Waals surface area contributed by atoms with Gasteiger partial charge in [0.05, 0.1) is 11.0 Å². The molecule has 10 aromatic carbocycles. The molecule has 0 aliphatic carbocycles. The maximum absolute atomic E-state index is 7.47. The molecule has 0 N–H and O–H groups in total. The molecule has 0 fully saturated rings. The van der Waals surface area contributed by atoms with Gasteiger partial charge in [-0.3, -0.25) is 0 Å². The van der Waals surface area contributed by atoms with E-state index in [0.29, 0.717) is 43.8 Å². The van der Waals surface area contributed by atoms with Gasteiger partial charge in [0.15, 0.2) is 0 Å². The van der Waals surface area contributed by atoms with Crippen LogP contribution in [0.25, 0.3) is 121 Å². The minimum Gasteiger partial charge on any atom is -0.456 e. The van der Waals surface area contributed by atoms with E-state index in [-0.39, 0.29) is 21.9 Å². The highest BCUT2D eigenvalue weighted by Crippen LogP contribution is 2.42. The summed E-state index contributed by atoms with van der Waals surface area (Å²) in [6.07, 6.45) is 0. The zero-order valence-electron chi connectivity index (χ0n) is 37.7. The molecule has 0 unspecified atom stereocenters. The molecular weight excluding hydrogens is 840 g/mol. The monoisotopic (exact) mass is 872 g/mol. The summed E-state index contributed by atoms with van der Waals surface area (Å²) in [5.41, 5.74) is 16.1. The minimum absolute atomic E-state index is 0.165. The van der Waals surface area contributed by atoms with Gasteiger partial charge < -0.3 is 13.6 Å². The number of hydrogen-bond donors (Lipinski definition) is 0. The van der Waals surface area contributed by atoms with Crippen LogP contribution in [0.5, 0.6) is 0 Å². The first-order valence-corrected chi connectivity index (χ1v) is 23.0. The van der Waals surface area contributed by atoms with E-state index in [0.717, 1.165) is 94.1 Å². The lowest BCUT2D eigenvalue weighted by Gasteiger charge is -2.19. The molecule has 14 radical (unpaired) electrons. The van der Waals surface area contributed by atoms with E-state index < -0.39 is 0 Å². The number of para-hydroxylation sites is 1. The van der Waals surface area contributed by atoms with Crippen LogP contribution in [0.15, 0.2) is 192 Å². The Morgan fingerprint density at radius 3 is 1.54 bits per heavy atom. The molecule has 0 bridgehead atoms. The number of aromatic nitrogens is 2. The normalized spacial score (nSPS) is 11.8. The van der Waals surface area contributed by atoms with Crippen molar-refractivity contribution in [1.29, 1.82) is 0 Å². The fraction of sp³-hybridized carbons (Fsp3) is 0. The van der Waals surface area contributed by atoms with Crippen molar-refractivity contribution in [2.75, 3.05) is 0 Å². The van der Waals surface area contributed by atoms with Crippen molar-refractivity contribution in [1.82, 2.24) is 9.13 Å². The number of benzene rings is 10. The zero-order chi connectivity index (χ0) is 47.5. The summed E-state index contributed by atoms with van der Waals surface area (Å²) in [6.45, 7) is 0. The van der Waals surface area contributed by atoms with E-state index in [1.54, 1.807) is 0 Å². The molecular formula is C60H31B7N2O. The lowest BCUT2D eigenvalue weighted by Crippen LogP contribution is -2.48. The lowest BCUT2D eigenvalue weighted by atomic mass is 9.64. The van der Waals surface area contributed by atoms with Crippen LogP contribution in [-0.2, 0) is 0 Å². The molecule has 13 aromatic rings. The number of hydrogen-bond acceptors (Lipinski definition) is 1. The quantitative estimate of drug-likeness (QED) is 0.156. The Morgan fingerprint density at radius 2 is 0.843 bits per heavy atom. The van der Waals surface area contributed by atoms with E-state index in [4.69, 9.17) is 59.3 Å². The van der Waals surface area contributed by atoms with Crippen LogP contribution in [0.3, 0.4) is 0 Å². The number of furan rings is 1. The maximum atomic E-state index is 7.47. The highest BCUT2D eigenvalue weighted by molar-refractivity contribution is 6.69. The third-order valence-corrected chi connectivity index (χ3v) is 14.2. The SMILES string of the molecule is [B]c1c([B])c([B])c2c(c1[B])c1c([B])c(-c3ccc4c(c3)c3c(-c5ccccc5)cccc3n4-c3ccc4c(c3)oc3ccccc34)c([B])c([B])c1n2-c1ccc(-c2ccc(-c3ccccc3)cc2)cc1. The summed E-state index contributed by atoms with van der Waals surface area (Å²) in [6, 6.07) is 64.6. The Balaban J connectivity index is 1.02. The van der Waals surface area contributed by atoms with Crippen molar-refractivity contribution in [2.45, 2.75) is 0 Å².